The van der Waals surface area contributed by atoms with Gasteiger partial charge in [-0.3, -0.25) is 9.59 Å². The minimum absolute atomic E-state index is 0.0124. The number of carbonyl (C=O) groups excluding carboxylic acids is 3. The van der Waals surface area contributed by atoms with E-state index in [4.69, 9.17) is 0 Å². The van der Waals surface area contributed by atoms with Crippen LogP contribution in [-0.4, -0.2) is 59.4 Å². The summed E-state index contributed by atoms with van der Waals surface area (Å²) in [5, 5.41) is 5.87. The fraction of sp³-hybridized carbons (Fsp3) is 0.423. The zero-order valence-electron chi connectivity index (χ0n) is 19.9. The monoisotopic (exact) mass is 450 g/mol. The fourth-order valence-corrected chi connectivity index (χ4v) is 3.99. The lowest BCUT2D eigenvalue weighted by molar-refractivity contribution is -0.136. The Hall–Kier alpha value is -3.35. The molecule has 1 fully saturated rings. The summed E-state index contributed by atoms with van der Waals surface area (Å²) >= 11 is 0. The van der Waals surface area contributed by atoms with Gasteiger partial charge in [0.05, 0.1) is 0 Å². The molecule has 0 aliphatic carbocycles. The number of piperazine rings is 1. The lowest BCUT2D eigenvalue weighted by Crippen LogP contribution is -2.60. The molecule has 176 valence electrons. The lowest BCUT2D eigenvalue weighted by Gasteiger charge is -2.41. The van der Waals surface area contributed by atoms with Crippen LogP contribution in [0.25, 0.3) is 0 Å². The Labute approximate surface area is 196 Å². The number of urea groups is 1. The Kier molecular flexibility index (Phi) is 8.09. The third kappa shape index (κ3) is 6.12. The van der Waals surface area contributed by atoms with E-state index in [-0.39, 0.29) is 29.8 Å². The van der Waals surface area contributed by atoms with E-state index in [0.717, 1.165) is 17.7 Å². The number of nitrogens with one attached hydrogen (secondary N) is 2. The number of hydrogen-bond donors (Lipinski definition) is 2. The average Bonchev–Trinajstić information content (AvgIpc) is 2.82. The van der Waals surface area contributed by atoms with Crippen molar-refractivity contribution in [2.75, 3.05) is 25.0 Å². The normalized spacial score (nSPS) is 17.8. The molecular weight excluding hydrogens is 416 g/mol. The van der Waals surface area contributed by atoms with E-state index in [0.29, 0.717) is 25.2 Å². The van der Waals surface area contributed by atoms with Gasteiger partial charge in [0.15, 0.2) is 0 Å². The topological polar surface area (TPSA) is 81.8 Å². The minimum atomic E-state index is -0.610. The van der Waals surface area contributed by atoms with Gasteiger partial charge in [-0.05, 0) is 44.0 Å². The number of nitrogens with zero attached hydrogens (tertiary/aromatic N) is 2. The molecule has 0 aromatic heterocycles. The van der Waals surface area contributed by atoms with Crippen LogP contribution in [0.1, 0.15) is 43.1 Å². The molecule has 2 N–H and O–H groups in total. The van der Waals surface area contributed by atoms with Gasteiger partial charge in [-0.15, -0.1) is 0 Å². The second-order valence-electron chi connectivity index (χ2n) is 8.83. The van der Waals surface area contributed by atoms with Gasteiger partial charge >= 0.3 is 6.03 Å². The first-order chi connectivity index (χ1) is 15.8. The first-order valence-corrected chi connectivity index (χ1v) is 11.6. The predicted molar refractivity (Wildman–Crippen MR) is 130 cm³/mol. The van der Waals surface area contributed by atoms with Crippen LogP contribution in [0, 0.1) is 12.8 Å². The number of carbonyl (C=O) groups is 3. The van der Waals surface area contributed by atoms with E-state index in [9.17, 15) is 14.4 Å². The molecule has 0 radical (unpaired) electrons. The molecule has 7 nitrogen and oxygen atoms in total. The van der Waals surface area contributed by atoms with Gasteiger partial charge in [-0.25, -0.2) is 4.79 Å². The molecule has 2 aromatic carbocycles. The molecule has 1 aliphatic heterocycles. The van der Waals surface area contributed by atoms with Crippen LogP contribution in [0.2, 0.25) is 0 Å². The minimum Gasteiger partial charge on any atom is -0.340 e. The summed E-state index contributed by atoms with van der Waals surface area (Å²) in [6, 6.07) is 15.7. The van der Waals surface area contributed by atoms with Crippen LogP contribution in [0.15, 0.2) is 54.6 Å². The van der Waals surface area contributed by atoms with Crippen LogP contribution in [-0.2, 0) is 4.79 Å². The second-order valence-corrected chi connectivity index (χ2v) is 8.83. The van der Waals surface area contributed by atoms with E-state index in [1.54, 1.807) is 21.9 Å². The smallest absolute Gasteiger partial charge is 0.322 e. The van der Waals surface area contributed by atoms with Crippen LogP contribution in [0.4, 0.5) is 10.5 Å². The molecule has 2 aromatic rings. The molecule has 0 bridgehead atoms. The molecule has 1 aliphatic rings. The summed E-state index contributed by atoms with van der Waals surface area (Å²) in [6.45, 7) is 9.18. The summed E-state index contributed by atoms with van der Waals surface area (Å²) in [5.74, 6) is -0.357. The van der Waals surface area contributed by atoms with Crippen molar-refractivity contribution in [1.29, 1.82) is 0 Å². The van der Waals surface area contributed by atoms with Gasteiger partial charge in [-0.1, -0.05) is 56.2 Å². The van der Waals surface area contributed by atoms with Gasteiger partial charge in [0.25, 0.3) is 5.91 Å². The molecule has 3 rings (SSSR count). The summed E-state index contributed by atoms with van der Waals surface area (Å²) in [6.07, 6.45) is 0.763. The highest BCUT2D eigenvalue weighted by Crippen LogP contribution is 2.18. The molecule has 0 saturated carbocycles. The molecule has 7 heteroatoms. The van der Waals surface area contributed by atoms with E-state index < -0.39 is 6.04 Å². The average molecular weight is 451 g/mol. The largest absolute Gasteiger partial charge is 0.340 e. The fourth-order valence-electron chi connectivity index (χ4n) is 3.99. The molecule has 3 atom stereocenters. The number of anilines is 1. The highest BCUT2D eigenvalue weighted by molar-refractivity contribution is 5.97. The number of amides is 4. The number of benzene rings is 2. The summed E-state index contributed by atoms with van der Waals surface area (Å²) < 4.78 is 0. The third-order valence-electron chi connectivity index (χ3n) is 6.30. The Morgan fingerprint density at radius 3 is 2.30 bits per heavy atom. The maximum absolute atomic E-state index is 13.4. The predicted octanol–water partition coefficient (Wildman–Crippen LogP) is 3.90. The first-order valence-electron chi connectivity index (χ1n) is 11.6. The van der Waals surface area contributed by atoms with Gasteiger partial charge in [0.2, 0.25) is 5.91 Å². The second kappa shape index (κ2) is 11.0. The summed E-state index contributed by atoms with van der Waals surface area (Å²) in [5.41, 5.74) is 2.35. The molecule has 3 unspecified atom stereocenters. The number of hydrogen-bond acceptors (Lipinski definition) is 3. The number of para-hydroxylation sites is 1. The SMILES string of the molecule is CCC(C)C(NC(=O)c1ccc(C)cc1)C(=O)N1CCN(C(=O)Nc2ccccc2)C(C)C1. The van der Waals surface area contributed by atoms with Gasteiger partial charge < -0.3 is 20.4 Å². The lowest BCUT2D eigenvalue weighted by atomic mass is 9.96. The molecule has 0 spiro atoms. The Morgan fingerprint density at radius 1 is 1.03 bits per heavy atom. The maximum atomic E-state index is 13.4. The van der Waals surface area contributed by atoms with Crippen molar-refractivity contribution in [3.05, 3.63) is 65.7 Å². The zero-order chi connectivity index (χ0) is 24.0. The van der Waals surface area contributed by atoms with Gasteiger partial charge in [0.1, 0.15) is 6.04 Å². The Balaban J connectivity index is 1.64. The summed E-state index contributed by atoms with van der Waals surface area (Å²) in [7, 11) is 0. The van der Waals surface area contributed by atoms with Crippen molar-refractivity contribution in [2.24, 2.45) is 5.92 Å². The molecule has 4 amide bonds. The van der Waals surface area contributed by atoms with Crippen molar-refractivity contribution < 1.29 is 14.4 Å². The highest BCUT2D eigenvalue weighted by Gasteiger charge is 2.35. The van der Waals surface area contributed by atoms with E-state index in [1.165, 1.54) is 0 Å². The van der Waals surface area contributed by atoms with Crippen molar-refractivity contribution in [3.63, 3.8) is 0 Å². The summed E-state index contributed by atoms with van der Waals surface area (Å²) in [4.78, 5) is 42.5. The highest BCUT2D eigenvalue weighted by atomic mass is 16.2. The quantitative estimate of drug-likeness (QED) is 0.700. The molecular formula is C26H34N4O3. The number of rotatable bonds is 6. The van der Waals surface area contributed by atoms with Crippen LogP contribution >= 0.6 is 0 Å². The van der Waals surface area contributed by atoms with Crippen molar-refractivity contribution >= 4 is 23.5 Å². The van der Waals surface area contributed by atoms with E-state index in [1.807, 2.05) is 70.2 Å². The Bertz CT molecular complexity index is 961. The standard InChI is InChI=1S/C26H34N4O3/c1-5-19(3)23(28-24(31)21-13-11-18(2)12-14-21)25(32)29-15-16-30(20(4)17-29)26(33)27-22-9-7-6-8-10-22/h6-14,19-20,23H,5,15-17H2,1-4H3,(H,27,33)(H,28,31). The van der Waals surface area contributed by atoms with E-state index >= 15 is 0 Å². The van der Waals surface area contributed by atoms with Gasteiger partial charge in [-0.2, -0.15) is 0 Å². The Morgan fingerprint density at radius 2 is 1.70 bits per heavy atom. The maximum Gasteiger partial charge on any atom is 0.322 e. The molecule has 33 heavy (non-hydrogen) atoms. The zero-order valence-corrected chi connectivity index (χ0v) is 19.9. The molecule has 1 heterocycles. The number of aryl methyl sites for hydroxylation is 1. The third-order valence-corrected chi connectivity index (χ3v) is 6.30. The van der Waals surface area contributed by atoms with Crippen molar-refractivity contribution in [1.82, 2.24) is 15.1 Å². The van der Waals surface area contributed by atoms with E-state index in [2.05, 4.69) is 10.6 Å². The van der Waals surface area contributed by atoms with Crippen LogP contribution < -0.4 is 10.6 Å². The first kappa shape index (κ1) is 24.3. The van der Waals surface area contributed by atoms with Gasteiger partial charge in [0, 0.05) is 36.9 Å². The molecule has 1 saturated heterocycles. The van der Waals surface area contributed by atoms with Crippen molar-refractivity contribution in [3.8, 4) is 0 Å². The van der Waals surface area contributed by atoms with Crippen LogP contribution in [0.3, 0.4) is 0 Å². The van der Waals surface area contributed by atoms with Crippen molar-refractivity contribution in [2.45, 2.75) is 46.2 Å². The van der Waals surface area contributed by atoms with Crippen LogP contribution in [0.5, 0.6) is 0 Å².